The maximum Gasteiger partial charge on any atom is 0.274 e. The number of hydrogen-bond acceptors (Lipinski definition) is 4. The number of fused-ring (bicyclic) bond motifs is 2. The van der Waals surface area contributed by atoms with Crippen molar-refractivity contribution in [2.45, 2.75) is 31.8 Å². The van der Waals surface area contributed by atoms with E-state index in [1.165, 1.54) is 0 Å². The van der Waals surface area contributed by atoms with Gasteiger partial charge in [0.05, 0.1) is 5.54 Å². The molecule has 7 heteroatoms. The van der Waals surface area contributed by atoms with Crippen molar-refractivity contribution >= 4 is 17.7 Å². The highest BCUT2D eigenvalue weighted by molar-refractivity contribution is 6.00. The zero-order valence-electron chi connectivity index (χ0n) is 16.2. The van der Waals surface area contributed by atoms with Crippen molar-refractivity contribution in [2.24, 2.45) is 0 Å². The number of likely N-dealkylation sites (tertiary alicyclic amines) is 1. The Morgan fingerprint density at radius 3 is 2.34 bits per heavy atom. The van der Waals surface area contributed by atoms with E-state index < -0.39 is 11.4 Å². The van der Waals surface area contributed by atoms with Gasteiger partial charge in [0.15, 0.2) is 0 Å². The molecule has 0 aromatic heterocycles. The van der Waals surface area contributed by atoms with Crippen molar-refractivity contribution in [1.82, 2.24) is 15.3 Å². The van der Waals surface area contributed by atoms with E-state index in [-0.39, 0.29) is 11.8 Å². The van der Waals surface area contributed by atoms with Crippen LogP contribution in [-0.2, 0) is 16.9 Å². The van der Waals surface area contributed by atoms with Gasteiger partial charge in [-0.05, 0) is 42.2 Å². The molecule has 3 amide bonds. The molecule has 1 saturated heterocycles. The minimum absolute atomic E-state index is 0.00551. The summed E-state index contributed by atoms with van der Waals surface area (Å²) in [4.78, 5) is 40.3. The standard InChI is InChI=1S/C22H23N3O4/c1-15(26)24-12-10-22(11-13-24)19-5-3-2-4-18(19)21(28)25(22)14-16-6-8-17(9-7-16)20(27)23-29/h2-9,29H,10-14H2,1H3,(H,23,27). The molecule has 0 radical (unpaired) electrons. The number of amides is 3. The average molecular weight is 393 g/mol. The summed E-state index contributed by atoms with van der Waals surface area (Å²) in [6, 6.07) is 14.5. The first kappa shape index (κ1) is 19.1. The van der Waals surface area contributed by atoms with Gasteiger partial charge in [0.25, 0.3) is 11.8 Å². The molecule has 2 aliphatic heterocycles. The summed E-state index contributed by atoms with van der Waals surface area (Å²) in [5.41, 5.74) is 4.18. The topological polar surface area (TPSA) is 90.0 Å². The van der Waals surface area contributed by atoms with E-state index in [4.69, 9.17) is 5.21 Å². The summed E-state index contributed by atoms with van der Waals surface area (Å²) < 4.78 is 0. The number of carbonyl (C=O) groups excluding carboxylic acids is 3. The fraction of sp³-hybridized carbons (Fsp3) is 0.318. The molecule has 2 aliphatic rings. The Morgan fingerprint density at radius 2 is 1.72 bits per heavy atom. The van der Waals surface area contributed by atoms with Crippen molar-refractivity contribution in [1.29, 1.82) is 0 Å². The smallest absolute Gasteiger partial charge is 0.274 e. The van der Waals surface area contributed by atoms with Crippen molar-refractivity contribution < 1.29 is 19.6 Å². The summed E-state index contributed by atoms with van der Waals surface area (Å²) >= 11 is 0. The summed E-state index contributed by atoms with van der Waals surface area (Å²) in [6.45, 7) is 3.22. The van der Waals surface area contributed by atoms with Crippen LogP contribution in [-0.4, -0.2) is 45.8 Å². The van der Waals surface area contributed by atoms with Crippen LogP contribution >= 0.6 is 0 Å². The Morgan fingerprint density at radius 1 is 1.07 bits per heavy atom. The third-order valence-electron chi connectivity index (χ3n) is 6.11. The molecule has 1 fully saturated rings. The minimum atomic E-state index is -0.575. The van der Waals surface area contributed by atoms with Crippen LogP contribution in [0, 0.1) is 0 Å². The van der Waals surface area contributed by atoms with Gasteiger partial charge in [-0.15, -0.1) is 0 Å². The van der Waals surface area contributed by atoms with E-state index in [2.05, 4.69) is 0 Å². The lowest BCUT2D eigenvalue weighted by Crippen LogP contribution is -2.52. The molecule has 150 valence electrons. The first-order valence-corrected chi connectivity index (χ1v) is 9.66. The van der Waals surface area contributed by atoms with Gasteiger partial charge < -0.3 is 9.80 Å². The molecule has 7 nitrogen and oxygen atoms in total. The van der Waals surface area contributed by atoms with Crippen LogP contribution in [0.3, 0.4) is 0 Å². The number of hydrogen-bond donors (Lipinski definition) is 2. The monoisotopic (exact) mass is 393 g/mol. The largest absolute Gasteiger partial charge is 0.343 e. The molecule has 2 aromatic rings. The maximum absolute atomic E-state index is 13.3. The number of benzene rings is 2. The molecular weight excluding hydrogens is 370 g/mol. The predicted octanol–water partition coefficient (Wildman–Crippen LogP) is 2.30. The van der Waals surface area contributed by atoms with Crippen LogP contribution in [0.1, 0.15) is 51.6 Å². The van der Waals surface area contributed by atoms with E-state index in [1.54, 1.807) is 36.7 Å². The molecule has 0 bridgehead atoms. The molecule has 1 spiro atoms. The zero-order valence-corrected chi connectivity index (χ0v) is 16.2. The highest BCUT2D eigenvalue weighted by Crippen LogP contribution is 2.47. The van der Waals surface area contributed by atoms with Crippen LogP contribution in [0.5, 0.6) is 0 Å². The van der Waals surface area contributed by atoms with E-state index in [9.17, 15) is 14.4 Å². The Bertz CT molecular complexity index is 962. The number of piperidine rings is 1. The first-order valence-electron chi connectivity index (χ1n) is 9.66. The summed E-state index contributed by atoms with van der Waals surface area (Å²) in [7, 11) is 0. The van der Waals surface area contributed by atoms with Crippen molar-refractivity contribution in [2.75, 3.05) is 13.1 Å². The molecule has 29 heavy (non-hydrogen) atoms. The fourth-order valence-electron chi connectivity index (χ4n) is 4.52. The van der Waals surface area contributed by atoms with Crippen molar-refractivity contribution in [3.8, 4) is 0 Å². The first-order chi connectivity index (χ1) is 14.0. The lowest BCUT2D eigenvalue weighted by molar-refractivity contribution is -0.131. The highest BCUT2D eigenvalue weighted by Gasteiger charge is 2.50. The number of nitrogens with zero attached hydrogens (tertiary/aromatic N) is 2. The Hall–Kier alpha value is -3.19. The van der Waals surface area contributed by atoms with E-state index in [1.807, 2.05) is 34.1 Å². The van der Waals surface area contributed by atoms with E-state index >= 15 is 0 Å². The molecule has 4 rings (SSSR count). The van der Waals surface area contributed by atoms with E-state index in [0.29, 0.717) is 38.0 Å². The summed E-state index contributed by atoms with van der Waals surface area (Å²) in [5, 5.41) is 8.77. The Balaban J connectivity index is 1.65. The third kappa shape index (κ3) is 3.17. The lowest BCUT2D eigenvalue weighted by Gasteiger charge is -2.45. The molecule has 2 aromatic carbocycles. The van der Waals surface area contributed by atoms with Crippen LogP contribution < -0.4 is 5.48 Å². The zero-order chi connectivity index (χ0) is 20.6. The minimum Gasteiger partial charge on any atom is -0.343 e. The van der Waals surface area contributed by atoms with Gasteiger partial charge in [0, 0.05) is 37.7 Å². The van der Waals surface area contributed by atoms with Gasteiger partial charge in [-0.2, -0.15) is 0 Å². The van der Waals surface area contributed by atoms with Gasteiger partial charge >= 0.3 is 0 Å². The molecule has 0 unspecified atom stereocenters. The van der Waals surface area contributed by atoms with Crippen molar-refractivity contribution in [3.05, 3.63) is 70.8 Å². The summed E-state index contributed by atoms with van der Waals surface area (Å²) in [6.07, 6.45) is 1.39. The molecule has 0 saturated carbocycles. The maximum atomic E-state index is 13.3. The highest BCUT2D eigenvalue weighted by atomic mass is 16.5. The van der Waals surface area contributed by atoms with E-state index in [0.717, 1.165) is 16.7 Å². The van der Waals surface area contributed by atoms with Gasteiger partial charge in [-0.25, -0.2) is 5.48 Å². The fourth-order valence-corrected chi connectivity index (χ4v) is 4.52. The SMILES string of the molecule is CC(=O)N1CCC2(CC1)c1ccccc1C(=O)N2Cc1ccc(C(=O)NO)cc1. The number of carbonyl (C=O) groups is 3. The molecule has 0 atom stereocenters. The second kappa shape index (κ2) is 7.33. The number of nitrogens with one attached hydrogen (secondary N) is 1. The normalized spacial score (nSPS) is 17.4. The van der Waals surface area contributed by atoms with Crippen molar-refractivity contribution in [3.63, 3.8) is 0 Å². The Labute approximate surface area is 168 Å². The molecule has 2 N–H and O–H groups in total. The molecular formula is C22H23N3O4. The predicted molar refractivity (Wildman–Crippen MR) is 105 cm³/mol. The number of hydroxylamine groups is 1. The van der Waals surface area contributed by atoms with Gasteiger partial charge in [-0.1, -0.05) is 30.3 Å². The second-order valence-electron chi connectivity index (χ2n) is 7.61. The lowest BCUT2D eigenvalue weighted by atomic mass is 9.80. The van der Waals surface area contributed by atoms with Crippen LogP contribution in [0.2, 0.25) is 0 Å². The van der Waals surface area contributed by atoms with Crippen LogP contribution in [0.25, 0.3) is 0 Å². The molecule has 0 aliphatic carbocycles. The molecule has 2 heterocycles. The second-order valence-corrected chi connectivity index (χ2v) is 7.61. The summed E-state index contributed by atoms with van der Waals surface area (Å²) in [5.74, 6) is -0.523. The van der Waals surface area contributed by atoms with Crippen LogP contribution in [0.4, 0.5) is 0 Å². The Kier molecular flexibility index (Phi) is 4.84. The third-order valence-corrected chi connectivity index (χ3v) is 6.11. The van der Waals surface area contributed by atoms with Gasteiger partial charge in [0.2, 0.25) is 5.91 Å². The van der Waals surface area contributed by atoms with Gasteiger partial charge in [-0.3, -0.25) is 19.6 Å². The quantitative estimate of drug-likeness (QED) is 0.619. The van der Waals surface area contributed by atoms with Gasteiger partial charge in [0.1, 0.15) is 0 Å². The van der Waals surface area contributed by atoms with Crippen LogP contribution in [0.15, 0.2) is 48.5 Å². The average Bonchev–Trinajstić information content (AvgIpc) is 2.97. The number of rotatable bonds is 3.